The van der Waals surface area contributed by atoms with Gasteiger partial charge in [0.1, 0.15) is 0 Å². The summed E-state index contributed by atoms with van der Waals surface area (Å²) in [6.45, 7) is 5.84. The summed E-state index contributed by atoms with van der Waals surface area (Å²) in [7, 11) is 0. The zero-order valence-corrected chi connectivity index (χ0v) is 14.1. The van der Waals surface area contributed by atoms with Crippen LogP contribution in [-0.4, -0.2) is 53.7 Å². The highest BCUT2D eigenvalue weighted by Crippen LogP contribution is 2.23. The molecule has 0 amide bonds. The Morgan fingerprint density at radius 2 is 1.95 bits per heavy atom. The lowest BCUT2D eigenvalue weighted by Gasteiger charge is -2.44. The average molecular weight is 353 g/mol. The molecular formula is C17H25BrN2O. The van der Waals surface area contributed by atoms with Crippen molar-refractivity contribution < 1.29 is 5.11 Å². The highest BCUT2D eigenvalue weighted by atomic mass is 79.9. The first-order valence-corrected chi connectivity index (χ1v) is 8.91. The minimum atomic E-state index is -0.345. The van der Waals surface area contributed by atoms with Gasteiger partial charge in [-0.05, 0) is 43.5 Å². The Balaban J connectivity index is 1.47. The predicted octanol–water partition coefficient (Wildman–Crippen LogP) is 3.04. The molecule has 2 aliphatic heterocycles. The Labute approximate surface area is 136 Å². The van der Waals surface area contributed by atoms with Crippen LogP contribution in [0.15, 0.2) is 28.7 Å². The van der Waals surface area contributed by atoms with E-state index in [1.165, 1.54) is 38.9 Å². The number of hydrogen-bond acceptors (Lipinski definition) is 3. The topological polar surface area (TPSA) is 26.7 Å². The summed E-state index contributed by atoms with van der Waals surface area (Å²) in [5.74, 6) is 0. The first-order valence-electron chi connectivity index (χ1n) is 8.12. The number of rotatable bonds is 4. The number of benzene rings is 1. The van der Waals surface area contributed by atoms with Crippen LogP contribution in [0.2, 0.25) is 0 Å². The van der Waals surface area contributed by atoms with E-state index in [-0.39, 0.29) is 6.10 Å². The molecule has 3 rings (SSSR count). The Morgan fingerprint density at radius 3 is 2.76 bits per heavy atom. The fourth-order valence-corrected chi connectivity index (χ4v) is 3.84. The number of piperazine rings is 1. The molecule has 116 valence electrons. The highest BCUT2D eigenvalue weighted by molar-refractivity contribution is 9.10. The Morgan fingerprint density at radius 1 is 1.14 bits per heavy atom. The van der Waals surface area contributed by atoms with Gasteiger partial charge < -0.3 is 10.0 Å². The molecule has 0 aromatic heterocycles. The van der Waals surface area contributed by atoms with Crippen molar-refractivity contribution in [2.24, 2.45) is 0 Å². The summed E-state index contributed by atoms with van der Waals surface area (Å²) in [6, 6.07) is 8.78. The molecule has 2 saturated heterocycles. The van der Waals surface area contributed by atoms with E-state index < -0.39 is 0 Å². The highest BCUT2D eigenvalue weighted by Gasteiger charge is 2.28. The van der Waals surface area contributed by atoms with Crippen molar-refractivity contribution in [3.8, 4) is 0 Å². The van der Waals surface area contributed by atoms with Gasteiger partial charge in [0, 0.05) is 36.7 Å². The van der Waals surface area contributed by atoms with E-state index in [4.69, 9.17) is 0 Å². The molecule has 0 radical (unpaired) electrons. The van der Waals surface area contributed by atoms with Crippen molar-refractivity contribution in [3.05, 3.63) is 34.3 Å². The van der Waals surface area contributed by atoms with Crippen LogP contribution in [-0.2, 0) is 0 Å². The number of hydrogen-bond donors (Lipinski definition) is 1. The number of nitrogens with zero attached hydrogens (tertiary/aromatic N) is 2. The summed E-state index contributed by atoms with van der Waals surface area (Å²) in [5.41, 5.74) is 1.02. The maximum absolute atomic E-state index is 10.3. The lowest BCUT2D eigenvalue weighted by Crippen LogP contribution is -2.54. The van der Waals surface area contributed by atoms with Crippen molar-refractivity contribution in [2.45, 2.75) is 37.8 Å². The van der Waals surface area contributed by atoms with Crippen LogP contribution in [0.4, 0.5) is 0 Å². The summed E-state index contributed by atoms with van der Waals surface area (Å²) >= 11 is 3.43. The van der Waals surface area contributed by atoms with Crippen molar-refractivity contribution in [1.82, 2.24) is 9.80 Å². The van der Waals surface area contributed by atoms with E-state index in [0.717, 1.165) is 35.6 Å². The van der Waals surface area contributed by atoms with E-state index in [1.807, 2.05) is 24.3 Å². The Hall–Kier alpha value is -0.420. The van der Waals surface area contributed by atoms with Gasteiger partial charge in [-0.1, -0.05) is 34.5 Å². The van der Waals surface area contributed by atoms with Gasteiger partial charge in [0.05, 0.1) is 6.10 Å². The van der Waals surface area contributed by atoms with Crippen molar-refractivity contribution >= 4 is 15.9 Å². The zero-order chi connectivity index (χ0) is 14.7. The Bertz CT molecular complexity index is 451. The maximum atomic E-state index is 10.3. The molecule has 1 aromatic carbocycles. The SMILES string of the molecule is OC(CCN1CCN2CCCCC2C1)c1ccc(Br)cc1. The first-order chi connectivity index (χ1) is 10.2. The molecule has 0 saturated carbocycles. The zero-order valence-electron chi connectivity index (χ0n) is 12.5. The molecule has 21 heavy (non-hydrogen) atoms. The molecule has 2 atom stereocenters. The molecule has 1 N–H and O–H groups in total. The van der Waals surface area contributed by atoms with E-state index in [2.05, 4.69) is 25.7 Å². The van der Waals surface area contributed by atoms with Gasteiger partial charge >= 0.3 is 0 Å². The van der Waals surface area contributed by atoms with Gasteiger partial charge in [-0.3, -0.25) is 4.90 Å². The van der Waals surface area contributed by atoms with Crippen LogP contribution in [0.3, 0.4) is 0 Å². The van der Waals surface area contributed by atoms with Gasteiger partial charge in [0.2, 0.25) is 0 Å². The molecule has 2 fully saturated rings. The van der Waals surface area contributed by atoms with Crippen LogP contribution >= 0.6 is 15.9 Å². The summed E-state index contributed by atoms with van der Waals surface area (Å²) < 4.78 is 1.06. The van der Waals surface area contributed by atoms with E-state index in [1.54, 1.807) is 0 Å². The number of piperidine rings is 1. The Kier molecular flexibility index (Phi) is 5.33. The molecule has 0 aliphatic carbocycles. The number of aliphatic hydroxyl groups is 1. The molecule has 3 nitrogen and oxygen atoms in total. The third-order valence-corrected chi connectivity index (χ3v) is 5.42. The van der Waals surface area contributed by atoms with E-state index in [9.17, 15) is 5.11 Å². The van der Waals surface area contributed by atoms with Crippen molar-refractivity contribution in [1.29, 1.82) is 0 Å². The fourth-order valence-electron chi connectivity index (χ4n) is 3.58. The van der Waals surface area contributed by atoms with E-state index >= 15 is 0 Å². The second-order valence-electron chi connectivity index (χ2n) is 6.34. The smallest absolute Gasteiger partial charge is 0.0802 e. The van der Waals surface area contributed by atoms with Crippen LogP contribution in [0.1, 0.15) is 37.4 Å². The average Bonchev–Trinajstić information content (AvgIpc) is 2.53. The summed E-state index contributed by atoms with van der Waals surface area (Å²) in [5, 5.41) is 10.3. The van der Waals surface area contributed by atoms with E-state index in [0.29, 0.717) is 0 Å². The first kappa shape index (κ1) is 15.5. The standard InChI is InChI=1S/C17H25BrN2O/c18-15-6-4-14(5-7-15)17(21)8-10-19-11-12-20-9-2-1-3-16(20)13-19/h4-7,16-17,21H,1-3,8-13H2. The normalized spacial score (nSPS) is 25.5. The molecule has 0 spiro atoms. The number of fused-ring (bicyclic) bond motifs is 1. The molecule has 0 bridgehead atoms. The van der Waals surface area contributed by atoms with Crippen LogP contribution in [0.25, 0.3) is 0 Å². The molecule has 2 aliphatic rings. The lowest BCUT2D eigenvalue weighted by atomic mass is 9.99. The summed E-state index contributed by atoms with van der Waals surface area (Å²) in [6.07, 6.45) is 4.59. The predicted molar refractivity (Wildman–Crippen MR) is 89.4 cm³/mol. The van der Waals surface area contributed by atoms with Crippen molar-refractivity contribution in [2.75, 3.05) is 32.7 Å². The van der Waals surface area contributed by atoms with Gasteiger partial charge in [-0.2, -0.15) is 0 Å². The monoisotopic (exact) mass is 352 g/mol. The molecular weight excluding hydrogens is 328 g/mol. The minimum absolute atomic E-state index is 0.345. The number of aliphatic hydroxyl groups excluding tert-OH is 1. The van der Waals surface area contributed by atoms with Crippen LogP contribution in [0.5, 0.6) is 0 Å². The number of halogens is 1. The third kappa shape index (κ3) is 4.07. The molecule has 1 aromatic rings. The quantitative estimate of drug-likeness (QED) is 0.901. The second kappa shape index (κ2) is 7.23. The van der Waals surface area contributed by atoms with Gasteiger partial charge in [-0.15, -0.1) is 0 Å². The summed E-state index contributed by atoms with van der Waals surface area (Å²) in [4.78, 5) is 5.19. The fraction of sp³-hybridized carbons (Fsp3) is 0.647. The molecule has 4 heteroatoms. The van der Waals surface area contributed by atoms with Crippen LogP contribution < -0.4 is 0 Å². The van der Waals surface area contributed by atoms with Gasteiger partial charge in [-0.25, -0.2) is 0 Å². The van der Waals surface area contributed by atoms with Gasteiger partial charge in [0.15, 0.2) is 0 Å². The third-order valence-electron chi connectivity index (χ3n) is 4.90. The molecule has 2 unspecified atom stereocenters. The second-order valence-corrected chi connectivity index (χ2v) is 7.26. The minimum Gasteiger partial charge on any atom is -0.388 e. The van der Waals surface area contributed by atoms with Crippen LogP contribution in [0, 0.1) is 0 Å². The lowest BCUT2D eigenvalue weighted by molar-refractivity contribution is 0.0405. The largest absolute Gasteiger partial charge is 0.388 e. The maximum Gasteiger partial charge on any atom is 0.0802 e. The van der Waals surface area contributed by atoms with Gasteiger partial charge in [0.25, 0.3) is 0 Å². The molecule has 2 heterocycles. The van der Waals surface area contributed by atoms with Crippen molar-refractivity contribution in [3.63, 3.8) is 0 Å².